The molecule has 2 heterocycles. The number of piperazine rings is 1. The maximum Gasteiger partial charge on any atom is 0.234 e. The number of thiazole rings is 1. The van der Waals surface area contributed by atoms with Crippen LogP contribution in [0.2, 0.25) is 0 Å². The van der Waals surface area contributed by atoms with E-state index >= 15 is 0 Å². The zero-order chi connectivity index (χ0) is 17.2. The van der Waals surface area contributed by atoms with Crippen molar-refractivity contribution in [2.45, 2.75) is 18.9 Å². The van der Waals surface area contributed by atoms with Crippen LogP contribution in [0.25, 0.3) is 11.3 Å². The molecule has 0 bridgehead atoms. The van der Waals surface area contributed by atoms with Gasteiger partial charge in [0.25, 0.3) is 0 Å². The van der Waals surface area contributed by atoms with E-state index < -0.39 is 0 Å². The number of carbonyl (C=O) groups is 1. The fourth-order valence-electron chi connectivity index (χ4n) is 2.96. The van der Waals surface area contributed by atoms with Crippen LogP contribution in [0.4, 0.5) is 9.52 Å². The lowest BCUT2D eigenvalue weighted by molar-refractivity contribution is -0.122. The molecule has 1 aromatic carbocycles. The first-order valence-corrected chi connectivity index (χ1v) is 9.53. The van der Waals surface area contributed by atoms with Gasteiger partial charge in [-0.15, -0.1) is 11.3 Å². The van der Waals surface area contributed by atoms with Gasteiger partial charge in [0, 0.05) is 43.2 Å². The van der Waals surface area contributed by atoms with Gasteiger partial charge < -0.3 is 10.2 Å². The number of hydrogen-bond acceptors (Lipinski definition) is 5. The molecule has 2 aromatic rings. The number of nitrogens with zero attached hydrogens (tertiary/aromatic N) is 3. The van der Waals surface area contributed by atoms with Crippen LogP contribution < -0.4 is 10.2 Å². The summed E-state index contributed by atoms with van der Waals surface area (Å²) in [6.45, 7) is 3.95. The fraction of sp³-hybridized carbons (Fsp3) is 0.444. The zero-order valence-electron chi connectivity index (χ0n) is 13.9. The highest BCUT2D eigenvalue weighted by atomic mass is 32.1. The highest BCUT2D eigenvalue weighted by Crippen LogP contribution is 2.28. The summed E-state index contributed by atoms with van der Waals surface area (Å²) in [5.74, 6) is -0.0927. The average molecular weight is 360 g/mol. The number of anilines is 1. The number of benzene rings is 1. The van der Waals surface area contributed by atoms with Crippen LogP contribution in [0.1, 0.15) is 12.8 Å². The van der Waals surface area contributed by atoms with Gasteiger partial charge in [-0.1, -0.05) is 0 Å². The van der Waals surface area contributed by atoms with Gasteiger partial charge in [-0.25, -0.2) is 9.37 Å². The van der Waals surface area contributed by atoms with E-state index in [4.69, 9.17) is 4.98 Å². The van der Waals surface area contributed by atoms with E-state index in [1.165, 1.54) is 12.1 Å². The van der Waals surface area contributed by atoms with E-state index in [1.807, 2.05) is 5.38 Å². The van der Waals surface area contributed by atoms with Gasteiger partial charge in [0.15, 0.2) is 5.13 Å². The molecule has 1 saturated heterocycles. The molecule has 4 rings (SSSR count). The van der Waals surface area contributed by atoms with Gasteiger partial charge in [-0.2, -0.15) is 0 Å². The predicted molar refractivity (Wildman–Crippen MR) is 97.3 cm³/mol. The highest BCUT2D eigenvalue weighted by molar-refractivity contribution is 7.14. The molecule has 1 aromatic heterocycles. The Labute approximate surface area is 150 Å². The maximum atomic E-state index is 13.0. The molecule has 0 spiro atoms. The monoisotopic (exact) mass is 360 g/mol. The van der Waals surface area contributed by atoms with Crippen LogP contribution in [-0.4, -0.2) is 54.6 Å². The number of hydrogen-bond donors (Lipinski definition) is 1. The van der Waals surface area contributed by atoms with Crippen molar-refractivity contribution in [2.24, 2.45) is 0 Å². The van der Waals surface area contributed by atoms with Crippen LogP contribution in [0, 0.1) is 5.82 Å². The quantitative estimate of drug-likeness (QED) is 0.889. The Morgan fingerprint density at radius 2 is 1.92 bits per heavy atom. The molecule has 1 amide bonds. The molecule has 1 saturated carbocycles. The summed E-state index contributed by atoms with van der Waals surface area (Å²) in [7, 11) is 0. The number of nitrogens with one attached hydrogen (secondary N) is 1. The smallest absolute Gasteiger partial charge is 0.234 e. The zero-order valence-corrected chi connectivity index (χ0v) is 14.8. The van der Waals surface area contributed by atoms with Gasteiger partial charge >= 0.3 is 0 Å². The van der Waals surface area contributed by atoms with Crippen LogP contribution >= 0.6 is 11.3 Å². The third kappa shape index (κ3) is 4.16. The fourth-order valence-corrected chi connectivity index (χ4v) is 3.85. The van der Waals surface area contributed by atoms with Gasteiger partial charge in [0.2, 0.25) is 5.91 Å². The molecule has 2 aliphatic rings. The van der Waals surface area contributed by atoms with Gasteiger partial charge in [-0.3, -0.25) is 9.69 Å². The van der Waals surface area contributed by atoms with Crippen molar-refractivity contribution in [3.8, 4) is 11.3 Å². The molecule has 132 valence electrons. The van der Waals surface area contributed by atoms with Crippen LogP contribution in [0.5, 0.6) is 0 Å². The Bertz CT molecular complexity index is 736. The molecule has 5 nitrogen and oxygen atoms in total. The van der Waals surface area contributed by atoms with E-state index in [0.717, 1.165) is 55.4 Å². The average Bonchev–Trinajstić information content (AvgIpc) is 3.28. The Hall–Kier alpha value is -1.99. The summed E-state index contributed by atoms with van der Waals surface area (Å²) in [5.41, 5.74) is 1.81. The Balaban J connectivity index is 1.31. The molecule has 1 N–H and O–H groups in total. The minimum atomic E-state index is -0.235. The third-order valence-corrected chi connectivity index (χ3v) is 5.49. The summed E-state index contributed by atoms with van der Waals surface area (Å²) >= 11 is 1.61. The number of aromatic nitrogens is 1. The number of amides is 1. The minimum absolute atomic E-state index is 0.142. The summed E-state index contributed by atoms with van der Waals surface area (Å²) in [4.78, 5) is 21.0. The second-order valence-electron chi connectivity index (χ2n) is 6.63. The van der Waals surface area contributed by atoms with Crippen molar-refractivity contribution >= 4 is 22.4 Å². The Kier molecular flexibility index (Phi) is 4.67. The topological polar surface area (TPSA) is 48.5 Å². The van der Waals surface area contributed by atoms with E-state index in [1.54, 1.807) is 23.5 Å². The third-order valence-electron chi connectivity index (χ3n) is 4.58. The molecule has 1 aliphatic heterocycles. The predicted octanol–water partition coefficient (Wildman–Crippen LogP) is 2.35. The van der Waals surface area contributed by atoms with Crippen molar-refractivity contribution in [1.29, 1.82) is 0 Å². The van der Waals surface area contributed by atoms with E-state index in [9.17, 15) is 9.18 Å². The molecular formula is C18H21FN4OS. The maximum absolute atomic E-state index is 13.0. The summed E-state index contributed by atoms with van der Waals surface area (Å²) in [6.07, 6.45) is 2.25. The molecule has 0 unspecified atom stereocenters. The molecule has 7 heteroatoms. The molecule has 0 radical (unpaired) electrons. The molecule has 0 atom stereocenters. The standard InChI is InChI=1S/C18H21FN4OS/c19-14-3-1-13(2-4-14)16-12-25-18(21-16)23-9-7-22(8-10-23)11-17(24)20-15-5-6-15/h1-4,12,15H,5-11H2,(H,20,24). The number of halogens is 1. The summed E-state index contributed by atoms with van der Waals surface area (Å²) in [5, 5.41) is 6.04. The number of rotatable bonds is 5. The lowest BCUT2D eigenvalue weighted by Crippen LogP contribution is -2.49. The Morgan fingerprint density at radius 1 is 1.20 bits per heavy atom. The first kappa shape index (κ1) is 16.5. The summed E-state index contributed by atoms with van der Waals surface area (Å²) < 4.78 is 13.0. The molecule has 2 fully saturated rings. The van der Waals surface area contributed by atoms with E-state index in [-0.39, 0.29) is 11.7 Å². The summed E-state index contributed by atoms with van der Waals surface area (Å²) in [6, 6.07) is 6.85. The van der Waals surface area contributed by atoms with E-state index in [0.29, 0.717) is 12.6 Å². The Morgan fingerprint density at radius 3 is 2.60 bits per heavy atom. The molecule has 25 heavy (non-hydrogen) atoms. The van der Waals surface area contributed by atoms with E-state index in [2.05, 4.69) is 15.1 Å². The number of carbonyl (C=O) groups excluding carboxylic acids is 1. The first-order chi connectivity index (χ1) is 12.2. The lowest BCUT2D eigenvalue weighted by Gasteiger charge is -2.34. The SMILES string of the molecule is O=C(CN1CCN(c2nc(-c3ccc(F)cc3)cs2)CC1)NC1CC1. The van der Waals surface area contributed by atoms with Gasteiger partial charge in [-0.05, 0) is 37.1 Å². The van der Waals surface area contributed by atoms with Crippen molar-refractivity contribution in [3.63, 3.8) is 0 Å². The molecule has 1 aliphatic carbocycles. The second-order valence-corrected chi connectivity index (χ2v) is 7.46. The van der Waals surface area contributed by atoms with Crippen LogP contribution in [-0.2, 0) is 4.79 Å². The largest absolute Gasteiger partial charge is 0.352 e. The van der Waals surface area contributed by atoms with Crippen molar-refractivity contribution in [1.82, 2.24) is 15.2 Å². The first-order valence-electron chi connectivity index (χ1n) is 8.65. The normalized spacial score (nSPS) is 18.4. The second kappa shape index (κ2) is 7.09. The lowest BCUT2D eigenvalue weighted by atomic mass is 10.2. The van der Waals surface area contributed by atoms with Gasteiger partial charge in [0.05, 0.1) is 12.2 Å². The van der Waals surface area contributed by atoms with Crippen LogP contribution in [0.15, 0.2) is 29.6 Å². The minimum Gasteiger partial charge on any atom is -0.352 e. The van der Waals surface area contributed by atoms with Gasteiger partial charge in [0.1, 0.15) is 5.82 Å². The van der Waals surface area contributed by atoms with Crippen LogP contribution in [0.3, 0.4) is 0 Å². The van der Waals surface area contributed by atoms with Crippen molar-refractivity contribution in [2.75, 3.05) is 37.6 Å². The highest BCUT2D eigenvalue weighted by Gasteiger charge is 2.25. The van der Waals surface area contributed by atoms with Crippen molar-refractivity contribution < 1.29 is 9.18 Å². The molecular weight excluding hydrogens is 339 g/mol. The van der Waals surface area contributed by atoms with Crippen molar-refractivity contribution in [3.05, 3.63) is 35.5 Å².